The first-order valence-corrected chi connectivity index (χ1v) is 9.86. The molecule has 1 fully saturated rings. The van der Waals surface area contributed by atoms with Crippen LogP contribution in [0.3, 0.4) is 0 Å². The summed E-state index contributed by atoms with van der Waals surface area (Å²) in [7, 11) is 0. The molecular formula is C21H31N3O4. The second-order valence-corrected chi connectivity index (χ2v) is 7.98. The fourth-order valence-electron chi connectivity index (χ4n) is 3.48. The van der Waals surface area contributed by atoms with Gasteiger partial charge in [0.15, 0.2) is 5.75 Å². The molecule has 0 bridgehead atoms. The van der Waals surface area contributed by atoms with Crippen molar-refractivity contribution < 1.29 is 14.5 Å². The van der Waals surface area contributed by atoms with Crippen molar-refractivity contribution in [3.05, 3.63) is 40.0 Å². The van der Waals surface area contributed by atoms with E-state index >= 15 is 0 Å². The number of nitro groups is 1. The molecule has 28 heavy (non-hydrogen) atoms. The number of piperidine rings is 1. The summed E-state index contributed by atoms with van der Waals surface area (Å²) in [6.45, 7) is 14.7. The third-order valence-electron chi connectivity index (χ3n) is 4.70. The summed E-state index contributed by atoms with van der Waals surface area (Å²) in [6, 6.07) is 2.88. The van der Waals surface area contributed by atoms with Crippen LogP contribution in [0.4, 0.5) is 5.69 Å². The molecule has 1 aromatic rings. The molecule has 154 valence electrons. The van der Waals surface area contributed by atoms with Gasteiger partial charge in [-0.2, -0.15) is 0 Å². The van der Waals surface area contributed by atoms with Crippen molar-refractivity contribution in [2.24, 2.45) is 5.92 Å². The van der Waals surface area contributed by atoms with Gasteiger partial charge >= 0.3 is 5.69 Å². The molecule has 0 saturated carbocycles. The van der Waals surface area contributed by atoms with Crippen LogP contribution in [0.5, 0.6) is 5.75 Å². The number of rotatable bonds is 8. The van der Waals surface area contributed by atoms with Gasteiger partial charge in [0.2, 0.25) is 0 Å². The minimum atomic E-state index is -0.522. The third-order valence-corrected chi connectivity index (χ3v) is 4.70. The summed E-state index contributed by atoms with van der Waals surface area (Å²) in [5.74, 6) is 0.457. The zero-order valence-corrected chi connectivity index (χ0v) is 17.2. The monoisotopic (exact) mass is 389 g/mol. The molecule has 2 rings (SSSR count). The maximum absolute atomic E-state index is 12.8. The van der Waals surface area contributed by atoms with Crippen molar-refractivity contribution in [3.8, 4) is 5.75 Å². The van der Waals surface area contributed by atoms with Crippen molar-refractivity contribution in [1.82, 2.24) is 10.2 Å². The molecule has 0 atom stereocenters. The number of carbonyl (C=O) groups excluding carboxylic acids is 1. The first-order valence-electron chi connectivity index (χ1n) is 9.86. The SMILES string of the molecule is C=Cc1cc(OC(C)C)c([N+](=O)[O-])cc1C(=O)NC1CCN(CC(C)C)CC1. The van der Waals surface area contributed by atoms with Crippen LogP contribution >= 0.6 is 0 Å². The lowest BCUT2D eigenvalue weighted by molar-refractivity contribution is -0.386. The Labute approximate surface area is 166 Å². The Kier molecular flexibility index (Phi) is 7.57. The quantitative estimate of drug-likeness (QED) is 0.539. The molecule has 7 nitrogen and oxygen atoms in total. The molecule has 0 aromatic heterocycles. The standard InChI is InChI=1S/C21H31N3O4/c1-6-16-11-20(28-15(4)5)19(24(26)27)12-18(16)21(25)22-17-7-9-23(10-8-17)13-14(2)3/h6,11-12,14-15,17H,1,7-10,13H2,2-5H3,(H,22,25). The van der Waals surface area contributed by atoms with Gasteiger partial charge in [-0.1, -0.05) is 26.5 Å². The summed E-state index contributed by atoms with van der Waals surface area (Å²) in [6.07, 6.45) is 3.06. The van der Waals surface area contributed by atoms with E-state index in [1.165, 1.54) is 18.2 Å². The number of nitro benzene ring substituents is 1. The van der Waals surface area contributed by atoms with E-state index in [9.17, 15) is 14.9 Å². The van der Waals surface area contributed by atoms with E-state index in [1.807, 2.05) is 0 Å². The molecule has 0 radical (unpaired) electrons. The molecule has 0 unspecified atom stereocenters. The number of carbonyl (C=O) groups is 1. The van der Waals surface area contributed by atoms with Crippen LogP contribution in [0.1, 0.15) is 56.5 Å². The number of nitrogens with zero attached hydrogens (tertiary/aromatic N) is 2. The predicted molar refractivity (Wildman–Crippen MR) is 111 cm³/mol. The number of hydrogen-bond donors (Lipinski definition) is 1. The highest BCUT2D eigenvalue weighted by Gasteiger charge is 2.26. The second-order valence-electron chi connectivity index (χ2n) is 7.98. The molecule has 1 amide bonds. The Morgan fingerprint density at radius 2 is 2.00 bits per heavy atom. The Morgan fingerprint density at radius 3 is 2.50 bits per heavy atom. The van der Waals surface area contributed by atoms with Crippen LogP contribution in [0.15, 0.2) is 18.7 Å². The van der Waals surface area contributed by atoms with Crippen LogP contribution in [0.2, 0.25) is 0 Å². The predicted octanol–water partition coefficient (Wildman–Crippen LogP) is 3.88. The summed E-state index contributed by atoms with van der Waals surface area (Å²) >= 11 is 0. The lowest BCUT2D eigenvalue weighted by Gasteiger charge is -2.33. The van der Waals surface area contributed by atoms with Gasteiger partial charge in [0.05, 0.1) is 16.6 Å². The highest BCUT2D eigenvalue weighted by atomic mass is 16.6. The van der Waals surface area contributed by atoms with E-state index < -0.39 is 4.92 Å². The average molecular weight is 389 g/mol. The Morgan fingerprint density at radius 1 is 1.36 bits per heavy atom. The van der Waals surface area contributed by atoms with Gasteiger partial charge in [0.25, 0.3) is 5.91 Å². The number of benzene rings is 1. The van der Waals surface area contributed by atoms with Crippen molar-refractivity contribution in [2.45, 2.75) is 52.7 Å². The molecule has 1 aromatic carbocycles. The van der Waals surface area contributed by atoms with Gasteiger partial charge < -0.3 is 15.0 Å². The van der Waals surface area contributed by atoms with Crippen LogP contribution < -0.4 is 10.1 Å². The minimum absolute atomic E-state index is 0.0687. The first kappa shape index (κ1) is 21.9. The fraction of sp³-hybridized carbons (Fsp3) is 0.571. The van der Waals surface area contributed by atoms with E-state index in [2.05, 4.69) is 30.6 Å². The Hall–Kier alpha value is -2.41. The number of likely N-dealkylation sites (tertiary alicyclic amines) is 1. The maximum Gasteiger partial charge on any atom is 0.311 e. The largest absolute Gasteiger partial charge is 0.484 e. The van der Waals surface area contributed by atoms with E-state index in [0.29, 0.717) is 11.5 Å². The van der Waals surface area contributed by atoms with Crippen LogP contribution in [0.25, 0.3) is 6.08 Å². The van der Waals surface area contributed by atoms with Crippen LogP contribution in [-0.4, -0.2) is 47.5 Å². The topological polar surface area (TPSA) is 84.7 Å². The van der Waals surface area contributed by atoms with Gasteiger partial charge in [-0.3, -0.25) is 14.9 Å². The number of ether oxygens (including phenoxy) is 1. The van der Waals surface area contributed by atoms with E-state index in [1.54, 1.807) is 13.8 Å². The lowest BCUT2D eigenvalue weighted by atomic mass is 10.0. The molecule has 0 aliphatic carbocycles. The van der Waals surface area contributed by atoms with Gasteiger partial charge in [-0.05, 0) is 44.2 Å². The summed E-state index contributed by atoms with van der Waals surface area (Å²) in [4.78, 5) is 26.2. The molecule has 1 aliphatic rings. The van der Waals surface area contributed by atoms with Crippen molar-refractivity contribution >= 4 is 17.7 Å². The van der Waals surface area contributed by atoms with Crippen LogP contribution in [-0.2, 0) is 0 Å². The third kappa shape index (κ3) is 5.79. The van der Waals surface area contributed by atoms with Gasteiger partial charge in [-0.25, -0.2) is 0 Å². The average Bonchev–Trinajstić information content (AvgIpc) is 2.61. The van der Waals surface area contributed by atoms with Crippen molar-refractivity contribution in [1.29, 1.82) is 0 Å². The molecule has 1 saturated heterocycles. The number of hydrogen-bond acceptors (Lipinski definition) is 5. The molecule has 1 aliphatic heterocycles. The maximum atomic E-state index is 12.8. The highest BCUT2D eigenvalue weighted by Crippen LogP contribution is 2.32. The summed E-state index contributed by atoms with van der Waals surface area (Å²) in [5.41, 5.74) is 0.564. The molecule has 1 heterocycles. The van der Waals surface area contributed by atoms with Gasteiger partial charge in [0, 0.05) is 31.7 Å². The summed E-state index contributed by atoms with van der Waals surface area (Å²) in [5, 5.41) is 14.5. The first-order chi connectivity index (χ1) is 13.2. The zero-order chi connectivity index (χ0) is 20.8. The highest BCUT2D eigenvalue weighted by molar-refractivity contribution is 5.99. The normalized spacial score (nSPS) is 15.6. The molecule has 7 heteroatoms. The van der Waals surface area contributed by atoms with Crippen LogP contribution in [0, 0.1) is 16.0 Å². The Balaban J connectivity index is 2.15. The van der Waals surface area contributed by atoms with E-state index in [-0.39, 0.29) is 35.1 Å². The molecule has 1 N–H and O–H groups in total. The summed E-state index contributed by atoms with van der Waals surface area (Å²) < 4.78 is 5.55. The van der Waals surface area contributed by atoms with Gasteiger partial charge in [-0.15, -0.1) is 0 Å². The smallest absolute Gasteiger partial charge is 0.311 e. The fourth-order valence-corrected chi connectivity index (χ4v) is 3.48. The molecule has 0 spiro atoms. The lowest BCUT2D eigenvalue weighted by Crippen LogP contribution is -2.45. The zero-order valence-electron chi connectivity index (χ0n) is 17.2. The van der Waals surface area contributed by atoms with Crippen molar-refractivity contribution in [3.63, 3.8) is 0 Å². The number of amides is 1. The van der Waals surface area contributed by atoms with Crippen molar-refractivity contribution in [2.75, 3.05) is 19.6 Å². The minimum Gasteiger partial charge on any atom is -0.484 e. The molecular weight excluding hydrogens is 358 g/mol. The van der Waals surface area contributed by atoms with E-state index in [0.717, 1.165) is 32.5 Å². The second kappa shape index (κ2) is 9.68. The van der Waals surface area contributed by atoms with Gasteiger partial charge in [0.1, 0.15) is 0 Å². The number of nitrogens with one attached hydrogen (secondary N) is 1. The van der Waals surface area contributed by atoms with E-state index in [4.69, 9.17) is 4.74 Å². The Bertz CT molecular complexity index is 723.